The van der Waals surface area contributed by atoms with Gasteiger partial charge in [0.25, 0.3) is 0 Å². The molecule has 0 fully saturated rings. The molecule has 6 aromatic carbocycles. The molecule has 3 aromatic heterocycles. The van der Waals surface area contributed by atoms with Gasteiger partial charge in [0.2, 0.25) is 0 Å². The number of aryl methyl sites for hydroxylation is 8. The van der Waals surface area contributed by atoms with E-state index in [0.29, 0.717) is 39.2 Å². The van der Waals surface area contributed by atoms with Gasteiger partial charge in [0.05, 0.1) is 0 Å². The molecule has 0 atom stereocenters. The maximum absolute atomic E-state index is 8.46. The van der Waals surface area contributed by atoms with E-state index in [1.807, 2.05) is 18.2 Å². The van der Waals surface area contributed by atoms with Gasteiger partial charge in [-0.25, -0.2) is 0 Å². The summed E-state index contributed by atoms with van der Waals surface area (Å²) in [4.78, 5) is 8.74. The second-order valence-corrected chi connectivity index (χ2v) is 27.4. The smallest absolute Gasteiger partial charge is 0 e. The topological polar surface area (TPSA) is 38.9 Å². The van der Waals surface area contributed by atoms with Crippen molar-refractivity contribution < 1.29 is 41.0 Å². The molecule has 62 heavy (non-hydrogen) atoms. The van der Waals surface area contributed by atoms with Crippen LogP contribution in [-0.2, 0) is 45.8 Å². The Bertz CT molecular complexity index is 3430. The monoisotopic (exact) mass is 1060 g/mol. The van der Waals surface area contributed by atoms with E-state index >= 15 is 0 Å². The maximum atomic E-state index is 8.46. The third kappa shape index (κ3) is 9.06. The second kappa shape index (κ2) is 18.1. The number of rotatable bonds is 5. The summed E-state index contributed by atoms with van der Waals surface area (Å²) in [5.74, 6) is 6.63. The summed E-state index contributed by atoms with van der Waals surface area (Å²) in [6, 6.07) is 46.9. The Balaban J connectivity index is 0.000000292. The molecule has 0 saturated carbocycles. The van der Waals surface area contributed by atoms with Crippen LogP contribution in [0.1, 0.15) is 61.0 Å². The van der Waals surface area contributed by atoms with Crippen LogP contribution in [0.5, 0.6) is 0 Å². The fraction of sp³-hybridized carbons (Fsp3) is 0.193. The molecule has 0 unspecified atom stereocenters. The number of fused-ring (bicyclic) bond motifs is 3. The Morgan fingerprint density at radius 3 is 2.03 bits per heavy atom. The summed E-state index contributed by atoms with van der Waals surface area (Å²) in [7, 11) is 0. The van der Waals surface area contributed by atoms with Crippen LogP contribution in [-0.4, -0.2) is 23.2 Å². The van der Waals surface area contributed by atoms with Crippen molar-refractivity contribution >= 4 is 39.6 Å². The van der Waals surface area contributed by atoms with Crippen molar-refractivity contribution in [1.29, 1.82) is 0 Å². The summed E-state index contributed by atoms with van der Waals surface area (Å²) in [6.07, 6.45) is 6.40. The minimum absolute atomic E-state index is 0. The molecule has 0 N–H and O–H groups in total. The van der Waals surface area contributed by atoms with Gasteiger partial charge in [-0.05, 0) is 71.6 Å². The van der Waals surface area contributed by atoms with E-state index in [9.17, 15) is 0 Å². The summed E-state index contributed by atoms with van der Waals surface area (Å²) in [6.45, 7) is -9.31. The van der Waals surface area contributed by atoms with Gasteiger partial charge in [0, 0.05) is 34.5 Å². The number of nitrogens with zero attached hydrogens (tertiary/aromatic N) is 2. The van der Waals surface area contributed by atoms with Crippen molar-refractivity contribution in [3.8, 4) is 44.8 Å². The molecule has 4 bridgehead atoms. The van der Waals surface area contributed by atoms with Gasteiger partial charge >= 0.3 is 182 Å². The van der Waals surface area contributed by atoms with Crippen LogP contribution in [0.2, 0.25) is 17.3 Å². The maximum Gasteiger partial charge on any atom is 0 e. The van der Waals surface area contributed by atoms with Gasteiger partial charge in [-0.3, -0.25) is 0 Å². The van der Waals surface area contributed by atoms with Crippen molar-refractivity contribution in [2.45, 2.75) is 70.4 Å². The zero-order chi connectivity index (χ0) is 52.3. The molecule has 9 aromatic rings. The van der Waals surface area contributed by atoms with E-state index in [1.165, 1.54) is 52.8 Å². The average Bonchev–Trinajstić information content (AvgIpc) is 3.73. The molecule has 5 heteroatoms. The molecule has 311 valence electrons. The summed E-state index contributed by atoms with van der Waals surface area (Å²) >= 11 is -2.43. The third-order valence-electron chi connectivity index (χ3n) is 11.5. The number of hydrogen-bond acceptors (Lipinski definition) is 3. The minimum Gasteiger partial charge on any atom is 0 e. The predicted octanol–water partition coefficient (Wildman–Crippen LogP) is 14.0. The van der Waals surface area contributed by atoms with E-state index in [0.717, 1.165) is 57.6 Å². The number of aromatic nitrogens is 2. The second-order valence-electron chi connectivity index (χ2n) is 16.7. The Kier molecular flexibility index (Phi) is 8.96. The Hall–Kier alpha value is -5.39. The van der Waals surface area contributed by atoms with Crippen molar-refractivity contribution in [3.05, 3.63) is 196 Å². The first-order chi connectivity index (χ1) is 34.3. The quantitative estimate of drug-likeness (QED) is 0.127. The molecule has 0 aliphatic heterocycles. The first-order valence-corrected chi connectivity index (χ1v) is 27.9. The van der Waals surface area contributed by atoms with E-state index in [2.05, 4.69) is 100 Å². The van der Waals surface area contributed by atoms with Gasteiger partial charge < -0.3 is 4.98 Å². The first kappa shape index (κ1) is 30.6. The molecule has 3 nitrogen and oxygen atoms in total. The van der Waals surface area contributed by atoms with Crippen molar-refractivity contribution in [2.24, 2.45) is 0 Å². The standard InChI is InChI=1S/C44H40GeNO.C13H12N.Ir/c1-28-24-34(45(3,4)5)22-23-35(28)40-26-42(46-27-29(40)2)39-11-7-9-37-36-8-6-10-38(43(36)47-44(37)39)41-25-32-17-16-30-12-14-31(15-13-30)18-20-33(41)21-19-32;1-10-3-6-12(7-4-10)13-8-5-11(2)9-14-13;/h6-10,12-15,19,21-27H,16-18,20H2,1-5H3;3-6,8-9H,1-2H3;/q2*-1;/i2*1D3,2D3;. The predicted molar refractivity (Wildman–Crippen MR) is 258 cm³/mol. The number of hydrogen-bond donors (Lipinski definition) is 0. The summed E-state index contributed by atoms with van der Waals surface area (Å²) in [5.41, 5.74) is 12.2. The molecular weight excluding hydrogens is 993 g/mol. The molecule has 1 radical (unpaired) electrons. The fourth-order valence-electron chi connectivity index (χ4n) is 8.05. The zero-order valence-electron chi connectivity index (χ0n) is 46.7. The summed E-state index contributed by atoms with van der Waals surface area (Å²) < 4.78 is 102. The summed E-state index contributed by atoms with van der Waals surface area (Å²) in [5, 5.41) is 1.86. The molecule has 13 rings (SSSR count). The molecular formula is C57H52GeIrN2O-2. The van der Waals surface area contributed by atoms with E-state index < -0.39 is 40.7 Å². The number of para-hydroxylation sites is 1. The zero-order valence-corrected chi connectivity index (χ0v) is 39.2. The molecule has 4 aliphatic rings. The van der Waals surface area contributed by atoms with Gasteiger partial charge in [0.1, 0.15) is 0 Å². The van der Waals surface area contributed by atoms with Gasteiger partial charge in [-0.2, -0.15) is 0 Å². The van der Waals surface area contributed by atoms with Crippen molar-refractivity contribution in [1.82, 2.24) is 9.97 Å². The molecule has 4 aliphatic carbocycles. The molecule has 3 heterocycles. The van der Waals surface area contributed by atoms with Crippen molar-refractivity contribution in [3.63, 3.8) is 0 Å². The first-order valence-electron chi connectivity index (χ1n) is 26.5. The van der Waals surface area contributed by atoms with E-state index in [1.54, 1.807) is 30.3 Å². The van der Waals surface area contributed by atoms with Gasteiger partial charge in [-0.1, -0.05) is 73.6 Å². The normalized spacial score (nSPS) is 16.0. The molecule has 0 saturated heterocycles. The fourth-order valence-corrected chi connectivity index (χ4v) is 10.5. The van der Waals surface area contributed by atoms with Gasteiger partial charge in [-0.15, -0.1) is 35.4 Å². The third-order valence-corrected chi connectivity index (χ3v) is 15.8. The van der Waals surface area contributed by atoms with Crippen LogP contribution < -0.4 is 4.40 Å². The minimum atomic E-state index is -2.52. The van der Waals surface area contributed by atoms with Crippen LogP contribution in [0.3, 0.4) is 0 Å². The van der Waals surface area contributed by atoms with Crippen LogP contribution in [0.15, 0.2) is 144 Å². The molecule has 0 spiro atoms. The average molecular weight is 1060 g/mol. The van der Waals surface area contributed by atoms with E-state index in [4.69, 9.17) is 20.9 Å². The Morgan fingerprint density at radius 1 is 0.565 bits per heavy atom. The van der Waals surface area contributed by atoms with Gasteiger partial charge in [0.15, 0.2) is 0 Å². The SMILES string of the molecule is [2H]C([2H])([2H])c1c[c-]c(-c2ccc(C([2H])([2H])[2H])cn2)cc1.[2H]C([2H])([2H])c1cnc(-c2[c-]ccc3c2oc2c(-c4cc5ccc4CCc4ccc(cc4)CC5)cccc23)cc1-c1cc[c]([Ge]([CH3])([CH3])[CH3])cc1C([2H])([2H])[2H].[Ir]. The molecule has 0 amide bonds. The number of benzene rings is 6. The van der Waals surface area contributed by atoms with Crippen LogP contribution >= 0.6 is 0 Å². The van der Waals surface area contributed by atoms with E-state index in [-0.39, 0.29) is 42.4 Å². The van der Waals surface area contributed by atoms with Crippen molar-refractivity contribution in [2.75, 3.05) is 0 Å². The number of pyridine rings is 2. The van der Waals surface area contributed by atoms with Crippen LogP contribution in [0, 0.1) is 39.5 Å². The van der Waals surface area contributed by atoms with Crippen LogP contribution in [0.25, 0.3) is 66.7 Å². The Labute approximate surface area is 400 Å². The van der Waals surface area contributed by atoms with Crippen LogP contribution in [0.4, 0.5) is 0 Å². The largest absolute Gasteiger partial charge is 0 e. The number of furan rings is 1. The Morgan fingerprint density at radius 2 is 1.31 bits per heavy atom.